The summed E-state index contributed by atoms with van der Waals surface area (Å²) in [4.78, 5) is 31.8. The molecule has 1 fully saturated rings. The number of rotatable bonds is 4. The normalized spacial score (nSPS) is 18.2. The maximum Gasteiger partial charge on any atom is 0.271 e. The Labute approximate surface area is 200 Å². The molecule has 2 aromatic carbocycles. The highest BCUT2D eigenvalue weighted by molar-refractivity contribution is 7.09. The van der Waals surface area contributed by atoms with Crippen LogP contribution < -0.4 is 5.32 Å². The minimum atomic E-state index is -0.602. The standard InChI is InChI=1S/C25H23ClFN3O2S/c26-18-6-3-7-19(27)22(18)25(32)30-12-10-16(11-13-30)24-29-21(14-33-24)23(31)28-20-9-8-15-4-1-2-5-17(15)20/h1-7,14,16,20H,8-13H2,(H,28,31). The van der Waals surface area contributed by atoms with Crippen LogP contribution in [0.3, 0.4) is 0 Å². The average molecular weight is 484 g/mol. The van der Waals surface area contributed by atoms with Crippen molar-refractivity contribution in [3.8, 4) is 0 Å². The number of thiazole rings is 1. The molecule has 0 radical (unpaired) electrons. The molecule has 8 heteroatoms. The van der Waals surface area contributed by atoms with Crippen LogP contribution in [0.5, 0.6) is 0 Å². The first kappa shape index (κ1) is 22.0. The van der Waals surface area contributed by atoms with Gasteiger partial charge in [-0.3, -0.25) is 9.59 Å². The van der Waals surface area contributed by atoms with Crippen LogP contribution in [0.1, 0.15) is 68.2 Å². The van der Waals surface area contributed by atoms with Crippen LogP contribution in [-0.4, -0.2) is 34.8 Å². The molecule has 5 nitrogen and oxygen atoms in total. The van der Waals surface area contributed by atoms with Crippen LogP contribution in [0, 0.1) is 5.82 Å². The smallest absolute Gasteiger partial charge is 0.271 e. The van der Waals surface area contributed by atoms with Crippen LogP contribution in [-0.2, 0) is 6.42 Å². The van der Waals surface area contributed by atoms with Crippen molar-refractivity contribution in [3.63, 3.8) is 0 Å². The third-order valence-electron chi connectivity index (χ3n) is 6.50. The molecule has 1 unspecified atom stereocenters. The average Bonchev–Trinajstić information content (AvgIpc) is 3.47. The summed E-state index contributed by atoms with van der Waals surface area (Å²) >= 11 is 7.54. The zero-order valence-corrected chi connectivity index (χ0v) is 19.5. The highest BCUT2D eigenvalue weighted by Crippen LogP contribution is 2.33. The third kappa shape index (κ3) is 4.39. The molecular weight excluding hydrogens is 461 g/mol. The lowest BCUT2D eigenvalue weighted by molar-refractivity contribution is 0.0708. The lowest BCUT2D eigenvalue weighted by Gasteiger charge is -2.31. The number of nitrogens with one attached hydrogen (secondary N) is 1. The van der Waals surface area contributed by atoms with E-state index in [4.69, 9.17) is 11.6 Å². The summed E-state index contributed by atoms with van der Waals surface area (Å²) < 4.78 is 14.1. The molecule has 2 aliphatic rings. The van der Waals surface area contributed by atoms with E-state index in [-0.39, 0.29) is 34.4 Å². The van der Waals surface area contributed by atoms with E-state index in [9.17, 15) is 14.0 Å². The number of likely N-dealkylation sites (tertiary alicyclic amines) is 1. The summed E-state index contributed by atoms with van der Waals surface area (Å²) in [6.45, 7) is 0.988. The van der Waals surface area contributed by atoms with Gasteiger partial charge in [0.15, 0.2) is 0 Å². The van der Waals surface area contributed by atoms with Gasteiger partial charge in [0.2, 0.25) is 0 Å². The number of halogens is 2. The van der Waals surface area contributed by atoms with Crippen molar-refractivity contribution < 1.29 is 14.0 Å². The summed E-state index contributed by atoms with van der Waals surface area (Å²) in [5.41, 5.74) is 2.85. The fraction of sp³-hybridized carbons (Fsp3) is 0.320. The Morgan fingerprint density at radius 3 is 2.67 bits per heavy atom. The van der Waals surface area contributed by atoms with Gasteiger partial charge >= 0.3 is 0 Å². The van der Waals surface area contributed by atoms with Crippen LogP contribution in [0.4, 0.5) is 4.39 Å². The summed E-state index contributed by atoms with van der Waals surface area (Å²) in [5.74, 6) is -0.965. The molecule has 5 rings (SSSR count). The van der Waals surface area contributed by atoms with Crippen LogP contribution in [0.2, 0.25) is 5.02 Å². The molecule has 1 atom stereocenters. The molecule has 2 amide bonds. The van der Waals surface area contributed by atoms with E-state index >= 15 is 0 Å². The second-order valence-corrected chi connectivity index (χ2v) is 9.79. The van der Waals surface area contributed by atoms with Gasteiger partial charge in [-0.05, 0) is 48.9 Å². The number of aryl methyl sites for hydroxylation is 1. The maximum atomic E-state index is 14.1. The number of hydrogen-bond acceptors (Lipinski definition) is 4. The van der Waals surface area contributed by atoms with E-state index in [0.29, 0.717) is 31.6 Å². The number of amides is 2. The number of carbonyl (C=O) groups is 2. The Morgan fingerprint density at radius 1 is 1.09 bits per heavy atom. The highest BCUT2D eigenvalue weighted by atomic mass is 35.5. The number of benzene rings is 2. The van der Waals surface area contributed by atoms with Crippen molar-refractivity contribution in [2.75, 3.05) is 13.1 Å². The van der Waals surface area contributed by atoms with Gasteiger partial charge in [0, 0.05) is 24.4 Å². The van der Waals surface area contributed by atoms with Gasteiger partial charge in [-0.2, -0.15) is 0 Å². The van der Waals surface area contributed by atoms with Gasteiger partial charge in [0.05, 0.1) is 21.6 Å². The van der Waals surface area contributed by atoms with Crippen LogP contribution in [0.15, 0.2) is 47.8 Å². The maximum absolute atomic E-state index is 14.1. The molecule has 0 saturated carbocycles. The monoisotopic (exact) mass is 483 g/mol. The first-order chi connectivity index (χ1) is 16.0. The predicted molar refractivity (Wildman–Crippen MR) is 126 cm³/mol. The van der Waals surface area contributed by atoms with Crippen molar-refractivity contribution in [2.24, 2.45) is 0 Å². The van der Waals surface area contributed by atoms with Crippen molar-refractivity contribution in [1.82, 2.24) is 15.2 Å². The molecule has 1 aliphatic carbocycles. The summed E-state index contributed by atoms with van der Waals surface area (Å²) in [5, 5.41) is 5.96. The zero-order chi connectivity index (χ0) is 22.9. The quantitative estimate of drug-likeness (QED) is 0.542. The molecule has 0 spiro atoms. The Kier molecular flexibility index (Phi) is 6.17. The van der Waals surface area contributed by atoms with E-state index < -0.39 is 5.82 Å². The Balaban J connectivity index is 1.20. The molecule has 33 heavy (non-hydrogen) atoms. The van der Waals surface area contributed by atoms with Crippen molar-refractivity contribution >= 4 is 34.8 Å². The van der Waals surface area contributed by atoms with Crippen molar-refractivity contribution in [1.29, 1.82) is 0 Å². The predicted octanol–water partition coefficient (Wildman–Crippen LogP) is 5.37. The summed E-state index contributed by atoms with van der Waals surface area (Å²) in [6.07, 6.45) is 3.30. The van der Waals surface area contributed by atoms with Gasteiger partial charge in [-0.25, -0.2) is 9.37 Å². The topological polar surface area (TPSA) is 62.3 Å². The second-order valence-electron chi connectivity index (χ2n) is 8.50. The fourth-order valence-corrected chi connectivity index (χ4v) is 5.92. The Bertz CT molecular complexity index is 1190. The zero-order valence-electron chi connectivity index (χ0n) is 17.9. The Hall–Kier alpha value is -2.77. The first-order valence-corrected chi connectivity index (χ1v) is 12.3. The molecular formula is C25H23ClFN3O2S. The largest absolute Gasteiger partial charge is 0.344 e. The first-order valence-electron chi connectivity index (χ1n) is 11.1. The number of fused-ring (bicyclic) bond motifs is 1. The van der Waals surface area contributed by atoms with Gasteiger partial charge < -0.3 is 10.2 Å². The van der Waals surface area contributed by atoms with E-state index in [1.165, 1.54) is 40.7 Å². The van der Waals surface area contributed by atoms with Crippen LogP contribution >= 0.6 is 22.9 Å². The molecule has 1 saturated heterocycles. The molecule has 1 aromatic heterocycles. The summed E-state index contributed by atoms with van der Waals surface area (Å²) in [7, 11) is 0. The minimum Gasteiger partial charge on any atom is -0.344 e. The lowest BCUT2D eigenvalue weighted by atomic mass is 9.97. The summed E-state index contributed by atoms with van der Waals surface area (Å²) in [6, 6.07) is 12.5. The van der Waals surface area contributed by atoms with Crippen molar-refractivity contribution in [3.05, 3.63) is 86.1 Å². The van der Waals surface area contributed by atoms with Gasteiger partial charge in [-0.1, -0.05) is 41.9 Å². The number of carbonyl (C=O) groups excluding carboxylic acids is 2. The van der Waals surface area contributed by atoms with E-state index in [2.05, 4.69) is 22.4 Å². The molecule has 0 bridgehead atoms. The van der Waals surface area contributed by atoms with E-state index in [1.807, 2.05) is 17.5 Å². The highest BCUT2D eigenvalue weighted by Gasteiger charge is 2.30. The third-order valence-corrected chi connectivity index (χ3v) is 7.82. The number of hydrogen-bond donors (Lipinski definition) is 1. The molecule has 3 aromatic rings. The van der Waals surface area contributed by atoms with Crippen molar-refractivity contribution in [2.45, 2.75) is 37.6 Å². The van der Waals surface area contributed by atoms with E-state index in [0.717, 1.165) is 17.8 Å². The molecule has 1 aliphatic heterocycles. The van der Waals surface area contributed by atoms with Gasteiger partial charge in [0.1, 0.15) is 11.5 Å². The number of aromatic nitrogens is 1. The lowest BCUT2D eigenvalue weighted by Crippen LogP contribution is -2.38. The van der Waals surface area contributed by atoms with E-state index in [1.54, 1.807) is 4.90 Å². The van der Waals surface area contributed by atoms with Gasteiger partial charge in [0.25, 0.3) is 11.8 Å². The molecule has 2 heterocycles. The van der Waals surface area contributed by atoms with Crippen LogP contribution in [0.25, 0.3) is 0 Å². The minimum absolute atomic E-state index is 0.0262. The number of nitrogens with zero attached hydrogens (tertiary/aromatic N) is 2. The molecule has 170 valence electrons. The molecule has 1 N–H and O–H groups in total. The number of piperidine rings is 1. The second kappa shape index (κ2) is 9.23. The van der Waals surface area contributed by atoms with Gasteiger partial charge in [-0.15, -0.1) is 11.3 Å². The SMILES string of the molecule is O=C(NC1CCc2ccccc21)c1csc(C2CCN(C(=O)c3c(F)cccc3Cl)CC2)n1. The Morgan fingerprint density at radius 2 is 1.88 bits per heavy atom. The fourth-order valence-electron chi connectivity index (χ4n) is 4.71.